The van der Waals surface area contributed by atoms with Gasteiger partial charge >= 0.3 is 0 Å². The molecule has 0 aliphatic heterocycles. The second-order valence-corrected chi connectivity index (χ2v) is 5.70. The third-order valence-corrected chi connectivity index (χ3v) is 3.49. The first-order valence-corrected chi connectivity index (χ1v) is 8.11. The predicted molar refractivity (Wildman–Crippen MR) is 88.2 cm³/mol. The number of pyridine rings is 1. The van der Waals surface area contributed by atoms with Crippen LogP contribution in [0.2, 0.25) is 0 Å². The van der Waals surface area contributed by atoms with E-state index in [0.717, 1.165) is 25.5 Å². The van der Waals surface area contributed by atoms with Gasteiger partial charge in [0.1, 0.15) is 5.82 Å². The predicted octanol–water partition coefficient (Wildman–Crippen LogP) is 3.99. The number of hydrogen-bond acceptors (Lipinski definition) is 3. The summed E-state index contributed by atoms with van der Waals surface area (Å²) in [5.41, 5.74) is 1.26. The number of nitrogens with one attached hydrogen (secondary N) is 1. The molecule has 0 saturated heterocycles. The van der Waals surface area contributed by atoms with Crippen LogP contribution in [0, 0.1) is 0 Å². The highest BCUT2D eigenvalue weighted by atomic mass is 15.2. The van der Waals surface area contributed by atoms with Gasteiger partial charge in [-0.1, -0.05) is 32.8 Å². The van der Waals surface area contributed by atoms with Gasteiger partial charge in [0.2, 0.25) is 0 Å². The molecule has 1 aromatic heterocycles. The van der Waals surface area contributed by atoms with Crippen LogP contribution < -0.4 is 10.2 Å². The SMILES string of the molecule is CCCCCN(c1ccc(CNCCC)cn1)C(C)C. The first-order chi connectivity index (χ1) is 9.69. The zero-order valence-corrected chi connectivity index (χ0v) is 13.7. The number of nitrogens with zero attached hydrogens (tertiary/aromatic N) is 2. The summed E-state index contributed by atoms with van der Waals surface area (Å²) in [6, 6.07) is 4.86. The van der Waals surface area contributed by atoms with Crippen molar-refractivity contribution in [2.24, 2.45) is 0 Å². The maximum Gasteiger partial charge on any atom is 0.128 e. The summed E-state index contributed by atoms with van der Waals surface area (Å²) >= 11 is 0. The first kappa shape index (κ1) is 17.0. The van der Waals surface area contributed by atoms with E-state index in [9.17, 15) is 0 Å². The highest BCUT2D eigenvalue weighted by molar-refractivity contribution is 5.40. The Balaban J connectivity index is 2.58. The Morgan fingerprint density at radius 3 is 2.50 bits per heavy atom. The van der Waals surface area contributed by atoms with Gasteiger partial charge in [-0.2, -0.15) is 0 Å². The maximum absolute atomic E-state index is 4.64. The minimum Gasteiger partial charge on any atom is -0.354 e. The summed E-state index contributed by atoms with van der Waals surface area (Å²) in [6.45, 7) is 12.0. The number of aromatic nitrogens is 1. The standard InChI is InChI=1S/C17H31N3/c1-5-7-8-12-20(15(3)4)17-10-9-16(14-19-17)13-18-11-6-2/h9-10,14-15,18H,5-8,11-13H2,1-4H3. The van der Waals surface area contributed by atoms with Crippen molar-refractivity contribution in [3.8, 4) is 0 Å². The highest BCUT2D eigenvalue weighted by Gasteiger charge is 2.11. The molecule has 0 fully saturated rings. The van der Waals surface area contributed by atoms with E-state index in [0.29, 0.717) is 6.04 Å². The molecule has 1 heterocycles. The smallest absolute Gasteiger partial charge is 0.128 e. The lowest BCUT2D eigenvalue weighted by atomic mass is 10.2. The molecule has 0 spiro atoms. The van der Waals surface area contributed by atoms with Gasteiger partial charge in [-0.25, -0.2) is 4.98 Å². The molecule has 0 bridgehead atoms. The van der Waals surface area contributed by atoms with Gasteiger partial charge in [0.25, 0.3) is 0 Å². The molecule has 1 N–H and O–H groups in total. The summed E-state index contributed by atoms with van der Waals surface area (Å²) in [4.78, 5) is 7.05. The fourth-order valence-corrected chi connectivity index (χ4v) is 2.27. The van der Waals surface area contributed by atoms with Crippen LogP contribution in [0.15, 0.2) is 18.3 Å². The number of rotatable bonds is 10. The normalized spacial score (nSPS) is 11.1. The fraction of sp³-hybridized carbons (Fsp3) is 0.706. The molecule has 114 valence electrons. The van der Waals surface area contributed by atoms with Gasteiger partial charge in [-0.3, -0.25) is 0 Å². The minimum atomic E-state index is 0.503. The van der Waals surface area contributed by atoms with Crippen LogP contribution in [0.3, 0.4) is 0 Å². The molecule has 3 heteroatoms. The van der Waals surface area contributed by atoms with E-state index in [1.54, 1.807) is 0 Å². The van der Waals surface area contributed by atoms with Crippen LogP contribution in [0.25, 0.3) is 0 Å². The first-order valence-electron chi connectivity index (χ1n) is 8.11. The number of hydrogen-bond donors (Lipinski definition) is 1. The lowest BCUT2D eigenvalue weighted by Gasteiger charge is -2.28. The zero-order valence-electron chi connectivity index (χ0n) is 13.7. The molecule has 3 nitrogen and oxygen atoms in total. The van der Waals surface area contributed by atoms with E-state index in [-0.39, 0.29) is 0 Å². The second kappa shape index (κ2) is 9.76. The highest BCUT2D eigenvalue weighted by Crippen LogP contribution is 2.15. The van der Waals surface area contributed by atoms with Crippen LogP contribution in [0.1, 0.15) is 58.9 Å². The lowest BCUT2D eigenvalue weighted by molar-refractivity contribution is 0.619. The summed E-state index contributed by atoms with van der Waals surface area (Å²) in [6.07, 6.45) is 6.98. The summed E-state index contributed by atoms with van der Waals surface area (Å²) in [7, 11) is 0. The third-order valence-electron chi connectivity index (χ3n) is 3.49. The van der Waals surface area contributed by atoms with E-state index < -0.39 is 0 Å². The minimum absolute atomic E-state index is 0.503. The largest absolute Gasteiger partial charge is 0.354 e. The Hall–Kier alpha value is -1.09. The Labute approximate surface area is 124 Å². The molecule has 1 aromatic rings. The molecule has 20 heavy (non-hydrogen) atoms. The third kappa shape index (κ3) is 5.91. The van der Waals surface area contributed by atoms with Crippen LogP contribution >= 0.6 is 0 Å². The van der Waals surface area contributed by atoms with Gasteiger partial charge < -0.3 is 10.2 Å². The fourth-order valence-electron chi connectivity index (χ4n) is 2.27. The lowest BCUT2D eigenvalue weighted by Crippen LogP contribution is -2.32. The Morgan fingerprint density at radius 2 is 1.95 bits per heavy atom. The van der Waals surface area contributed by atoms with Crippen molar-refractivity contribution >= 4 is 5.82 Å². The molecule has 0 aromatic carbocycles. The van der Waals surface area contributed by atoms with Gasteiger partial charge in [0.15, 0.2) is 0 Å². The van der Waals surface area contributed by atoms with Crippen molar-refractivity contribution in [2.45, 2.75) is 66.0 Å². The maximum atomic E-state index is 4.64. The number of unbranched alkanes of at least 4 members (excludes halogenated alkanes) is 2. The van der Waals surface area contributed by atoms with E-state index >= 15 is 0 Å². The monoisotopic (exact) mass is 277 g/mol. The Bertz CT molecular complexity index is 346. The van der Waals surface area contributed by atoms with Crippen LogP contribution in [-0.2, 0) is 6.54 Å². The van der Waals surface area contributed by atoms with Crippen LogP contribution in [0.4, 0.5) is 5.82 Å². The van der Waals surface area contributed by atoms with Crippen molar-refractivity contribution in [3.63, 3.8) is 0 Å². The van der Waals surface area contributed by atoms with Crippen molar-refractivity contribution in [2.75, 3.05) is 18.0 Å². The molecular weight excluding hydrogens is 246 g/mol. The quantitative estimate of drug-likeness (QED) is 0.656. The van der Waals surface area contributed by atoms with Crippen molar-refractivity contribution in [1.29, 1.82) is 0 Å². The van der Waals surface area contributed by atoms with Crippen molar-refractivity contribution < 1.29 is 0 Å². The summed E-state index contributed by atoms with van der Waals surface area (Å²) in [5.74, 6) is 1.11. The van der Waals surface area contributed by atoms with E-state index in [4.69, 9.17) is 0 Å². The van der Waals surface area contributed by atoms with Gasteiger partial charge in [0, 0.05) is 25.3 Å². The van der Waals surface area contributed by atoms with Gasteiger partial charge in [-0.05, 0) is 44.9 Å². The van der Waals surface area contributed by atoms with Crippen LogP contribution in [0.5, 0.6) is 0 Å². The number of anilines is 1. The second-order valence-electron chi connectivity index (χ2n) is 5.70. The molecule has 0 unspecified atom stereocenters. The molecule has 0 atom stereocenters. The topological polar surface area (TPSA) is 28.2 Å². The van der Waals surface area contributed by atoms with Gasteiger partial charge in [-0.15, -0.1) is 0 Å². The summed E-state index contributed by atoms with van der Waals surface area (Å²) < 4.78 is 0. The molecular formula is C17H31N3. The Morgan fingerprint density at radius 1 is 1.15 bits per heavy atom. The Kier molecular flexibility index (Phi) is 8.28. The van der Waals surface area contributed by atoms with Crippen molar-refractivity contribution in [3.05, 3.63) is 23.9 Å². The molecule has 0 aliphatic carbocycles. The molecule has 0 aliphatic rings. The van der Waals surface area contributed by atoms with Crippen LogP contribution in [-0.4, -0.2) is 24.1 Å². The molecule has 1 rings (SSSR count). The molecule has 0 amide bonds. The summed E-state index contributed by atoms with van der Waals surface area (Å²) in [5, 5.41) is 3.41. The average Bonchev–Trinajstić information content (AvgIpc) is 2.45. The van der Waals surface area contributed by atoms with E-state index in [1.165, 1.54) is 31.2 Å². The molecule has 0 saturated carbocycles. The van der Waals surface area contributed by atoms with Gasteiger partial charge in [0.05, 0.1) is 0 Å². The van der Waals surface area contributed by atoms with Crippen molar-refractivity contribution in [1.82, 2.24) is 10.3 Å². The van der Waals surface area contributed by atoms with E-state index in [2.05, 4.69) is 55.0 Å². The average molecular weight is 277 g/mol. The zero-order chi connectivity index (χ0) is 14.8. The molecule has 0 radical (unpaired) electrons. The van der Waals surface area contributed by atoms with E-state index in [1.807, 2.05) is 6.20 Å².